The Hall–Kier alpha value is -0.770. The molecule has 1 aliphatic carbocycles. The van der Waals surface area contributed by atoms with Crippen molar-refractivity contribution in [3.8, 4) is 0 Å². The van der Waals surface area contributed by atoms with E-state index >= 15 is 0 Å². The molecule has 2 amide bonds. The Morgan fingerprint density at radius 1 is 1.47 bits per heavy atom. The molecule has 88 valence electrons. The number of urea groups is 1. The van der Waals surface area contributed by atoms with Crippen molar-refractivity contribution in [1.82, 2.24) is 10.6 Å². The van der Waals surface area contributed by atoms with E-state index in [-0.39, 0.29) is 24.1 Å². The Kier molecular flexibility index (Phi) is 4.39. The molecule has 1 saturated carbocycles. The van der Waals surface area contributed by atoms with Gasteiger partial charge in [-0.25, -0.2) is 4.79 Å². The molecule has 3 N–H and O–H groups in total. The van der Waals surface area contributed by atoms with Gasteiger partial charge in [-0.3, -0.25) is 0 Å². The van der Waals surface area contributed by atoms with E-state index in [9.17, 15) is 4.79 Å². The minimum Gasteiger partial charge on any atom is -0.394 e. The number of amides is 2. The summed E-state index contributed by atoms with van der Waals surface area (Å²) in [5, 5.41) is 14.3. The van der Waals surface area contributed by atoms with Gasteiger partial charge in [-0.05, 0) is 25.2 Å². The molecule has 1 atom stereocenters. The molecule has 0 radical (unpaired) electrons. The molecule has 15 heavy (non-hydrogen) atoms. The van der Waals surface area contributed by atoms with Gasteiger partial charge in [-0.2, -0.15) is 0 Å². The van der Waals surface area contributed by atoms with Crippen LogP contribution >= 0.6 is 0 Å². The lowest BCUT2D eigenvalue weighted by molar-refractivity contribution is 0.214. The molecule has 0 bridgehead atoms. The fourth-order valence-electron chi connectivity index (χ4n) is 2.02. The van der Waals surface area contributed by atoms with Crippen molar-refractivity contribution in [2.24, 2.45) is 5.41 Å². The number of hydrogen-bond acceptors (Lipinski definition) is 2. The normalized spacial score (nSPS) is 21.0. The van der Waals surface area contributed by atoms with Gasteiger partial charge in [0.15, 0.2) is 0 Å². The van der Waals surface area contributed by atoms with Crippen LogP contribution in [0.2, 0.25) is 0 Å². The van der Waals surface area contributed by atoms with Gasteiger partial charge in [0, 0.05) is 6.54 Å². The van der Waals surface area contributed by atoms with Gasteiger partial charge in [-0.15, -0.1) is 0 Å². The van der Waals surface area contributed by atoms with E-state index in [1.807, 2.05) is 0 Å². The molecule has 4 nitrogen and oxygen atoms in total. The van der Waals surface area contributed by atoms with Crippen LogP contribution in [0.3, 0.4) is 0 Å². The fourth-order valence-corrected chi connectivity index (χ4v) is 2.02. The van der Waals surface area contributed by atoms with Crippen LogP contribution in [0.4, 0.5) is 4.79 Å². The SMILES string of the molecule is CC(CO)NC(=O)NCC1(C)CCCC1. The van der Waals surface area contributed by atoms with Crippen molar-refractivity contribution in [1.29, 1.82) is 0 Å². The number of nitrogens with one attached hydrogen (secondary N) is 2. The van der Waals surface area contributed by atoms with E-state index in [1.165, 1.54) is 25.7 Å². The Bertz CT molecular complexity index is 213. The highest BCUT2D eigenvalue weighted by Gasteiger charge is 2.28. The van der Waals surface area contributed by atoms with Crippen molar-refractivity contribution in [2.75, 3.05) is 13.2 Å². The van der Waals surface area contributed by atoms with Crippen molar-refractivity contribution >= 4 is 6.03 Å². The molecule has 1 unspecified atom stereocenters. The van der Waals surface area contributed by atoms with Crippen molar-refractivity contribution in [2.45, 2.75) is 45.6 Å². The highest BCUT2D eigenvalue weighted by molar-refractivity contribution is 5.74. The smallest absolute Gasteiger partial charge is 0.315 e. The Morgan fingerprint density at radius 2 is 2.07 bits per heavy atom. The number of hydrogen-bond donors (Lipinski definition) is 3. The molecule has 0 spiro atoms. The predicted octanol–water partition coefficient (Wildman–Crippen LogP) is 1.25. The molecule has 1 aliphatic rings. The predicted molar refractivity (Wildman–Crippen MR) is 59.7 cm³/mol. The van der Waals surface area contributed by atoms with E-state index in [2.05, 4.69) is 17.6 Å². The third-order valence-electron chi connectivity index (χ3n) is 3.14. The van der Waals surface area contributed by atoms with Gasteiger partial charge in [0.25, 0.3) is 0 Å². The fraction of sp³-hybridized carbons (Fsp3) is 0.909. The maximum absolute atomic E-state index is 11.4. The van der Waals surface area contributed by atoms with E-state index in [1.54, 1.807) is 6.92 Å². The van der Waals surface area contributed by atoms with E-state index in [0.29, 0.717) is 0 Å². The van der Waals surface area contributed by atoms with Crippen molar-refractivity contribution in [3.05, 3.63) is 0 Å². The number of rotatable bonds is 4. The quantitative estimate of drug-likeness (QED) is 0.659. The summed E-state index contributed by atoms with van der Waals surface area (Å²) >= 11 is 0. The summed E-state index contributed by atoms with van der Waals surface area (Å²) in [6, 6.07) is -0.356. The highest BCUT2D eigenvalue weighted by Crippen LogP contribution is 2.36. The molecule has 0 aromatic heterocycles. The maximum atomic E-state index is 11.4. The van der Waals surface area contributed by atoms with Crippen molar-refractivity contribution < 1.29 is 9.90 Å². The van der Waals surface area contributed by atoms with Crippen LogP contribution in [0.5, 0.6) is 0 Å². The summed E-state index contributed by atoms with van der Waals surface area (Å²) in [5.74, 6) is 0. The van der Waals surface area contributed by atoms with Gasteiger partial charge in [0.2, 0.25) is 0 Å². The summed E-state index contributed by atoms with van der Waals surface area (Å²) in [7, 11) is 0. The van der Waals surface area contributed by atoms with Gasteiger partial charge >= 0.3 is 6.03 Å². The van der Waals surface area contributed by atoms with Crippen LogP contribution in [0.25, 0.3) is 0 Å². The van der Waals surface area contributed by atoms with Crippen LogP contribution in [0.15, 0.2) is 0 Å². The summed E-state index contributed by atoms with van der Waals surface area (Å²) in [6.45, 7) is 4.70. The number of aliphatic hydroxyl groups excluding tert-OH is 1. The zero-order valence-electron chi connectivity index (χ0n) is 9.68. The lowest BCUT2D eigenvalue weighted by Gasteiger charge is -2.24. The second-order valence-corrected chi connectivity index (χ2v) is 4.93. The number of aliphatic hydroxyl groups is 1. The molecule has 0 aliphatic heterocycles. The molecule has 0 heterocycles. The van der Waals surface area contributed by atoms with Gasteiger partial charge < -0.3 is 15.7 Å². The Morgan fingerprint density at radius 3 is 2.60 bits per heavy atom. The first kappa shape index (κ1) is 12.3. The second kappa shape index (κ2) is 5.35. The largest absolute Gasteiger partial charge is 0.394 e. The molecule has 0 aromatic rings. The van der Waals surface area contributed by atoms with Crippen LogP contribution in [-0.2, 0) is 0 Å². The minimum absolute atomic E-state index is 0.0231. The first-order chi connectivity index (χ1) is 7.06. The summed E-state index contributed by atoms with van der Waals surface area (Å²) in [6.07, 6.45) is 4.94. The second-order valence-electron chi connectivity index (χ2n) is 4.93. The maximum Gasteiger partial charge on any atom is 0.315 e. The molecule has 1 fully saturated rings. The third-order valence-corrected chi connectivity index (χ3v) is 3.14. The van der Waals surface area contributed by atoms with E-state index < -0.39 is 0 Å². The Balaban J connectivity index is 2.21. The van der Waals surface area contributed by atoms with Crippen LogP contribution in [0, 0.1) is 5.41 Å². The minimum atomic E-state index is -0.179. The molecule has 0 aromatic carbocycles. The lowest BCUT2D eigenvalue weighted by atomic mass is 9.89. The molecular formula is C11H22N2O2. The molecular weight excluding hydrogens is 192 g/mol. The van der Waals surface area contributed by atoms with E-state index in [4.69, 9.17) is 5.11 Å². The molecule has 4 heteroatoms. The van der Waals surface area contributed by atoms with Crippen LogP contribution in [0.1, 0.15) is 39.5 Å². The summed E-state index contributed by atoms with van der Waals surface area (Å²) < 4.78 is 0. The Labute approximate surface area is 91.4 Å². The summed E-state index contributed by atoms with van der Waals surface area (Å²) in [5.41, 5.74) is 0.278. The zero-order chi connectivity index (χ0) is 11.3. The first-order valence-corrected chi connectivity index (χ1v) is 5.71. The number of carbonyl (C=O) groups is 1. The van der Waals surface area contributed by atoms with Crippen LogP contribution in [-0.4, -0.2) is 30.3 Å². The monoisotopic (exact) mass is 214 g/mol. The topological polar surface area (TPSA) is 61.4 Å². The standard InChI is InChI=1S/C11H22N2O2/c1-9(7-14)13-10(15)12-8-11(2)5-3-4-6-11/h9,14H,3-8H2,1-2H3,(H2,12,13,15). The van der Waals surface area contributed by atoms with Crippen molar-refractivity contribution in [3.63, 3.8) is 0 Å². The third kappa shape index (κ3) is 4.08. The van der Waals surface area contributed by atoms with E-state index in [0.717, 1.165) is 6.54 Å². The van der Waals surface area contributed by atoms with Gasteiger partial charge in [0.1, 0.15) is 0 Å². The highest BCUT2D eigenvalue weighted by atomic mass is 16.3. The lowest BCUT2D eigenvalue weighted by Crippen LogP contribution is -2.45. The average Bonchev–Trinajstić information content (AvgIpc) is 2.63. The molecule has 1 rings (SSSR count). The molecule has 0 saturated heterocycles. The van der Waals surface area contributed by atoms with Gasteiger partial charge in [0.05, 0.1) is 12.6 Å². The zero-order valence-corrected chi connectivity index (χ0v) is 9.68. The number of carbonyl (C=O) groups excluding carboxylic acids is 1. The summed E-state index contributed by atoms with van der Waals surface area (Å²) in [4.78, 5) is 11.4. The first-order valence-electron chi connectivity index (χ1n) is 5.71. The average molecular weight is 214 g/mol. The van der Waals surface area contributed by atoms with Crippen LogP contribution < -0.4 is 10.6 Å². The van der Waals surface area contributed by atoms with Gasteiger partial charge in [-0.1, -0.05) is 19.8 Å².